The topological polar surface area (TPSA) is 89.6 Å². The van der Waals surface area contributed by atoms with Gasteiger partial charge in [-0.25, -0.2) is 4.39 Å². The van der Waals surface area contributed by atoms with Crippen molar-refractivity contribution in [2.75, 3.05) is 0 Å². The predicted octanol–water partition coefficient (Wildman–Crippen LogP) is 2.05. The van der Waals surface area contributed by atoms with Crippen LogP contribution < -0.4 is 5.73 Å². The van der Waals surface area contributed by atoms with E-state index in [4.69, 9.17) is 15.6 Å². The van der Waals surface area contributed by atoms with Gasteiger partial charge in [-0.05, 0) is 38.5 Å². The lowest BCUT2D eigenvalue weighted by molar-refractivity contribution is -0.157. The molecule has 0 aliphatic heterocycles. The first-order valence-corrected chi connectivity index (χ1v) is 6.56. The lowest BCUT2D eigenvalue weighted by Crippen LogP contribution is -2.39. The number of aliphatic carboxylic acids is 1. The Labute approximate surface area is 122 Å². The van der Waals surface area contributed by atoms with E-state index in [0.717, 1.165) is 0 Å². The number of halogens is 1. The second kappa shape index (κ2) is 6.67. The second-order valence-electron chi connectivity index (χ2n) is 5.82. The van der Waals surface area contributed by atoms with E-state index in [9.17, 15) is 14.0 Å². The molecule has 0 aliphatic rings. The molecule has 0 aliphatic carbocycles. The van der Waals surface area contributed by atoms with Crippen LogP contribution in [0.4, 0.5) is 4.39 Å². The molecule has 0 spiro atoms. The first kappa shape index (κ1) is 17.1. The summed E-state index contributed by atoms with van der Waals surface area (Å²) in [5.74, 6) is -3.14. The van der Waals surface area contributed by atoms with E-state index in [1.165, 1.54) is 24.3 Å². The smallest absolute Gasteiger partial charge is 0.315 e. The highest BCUT2D eigenvalue weighted by Crippen LogP contribution is 2.25. The van der Waals surface area contributed by atoms with Gasteiger partial charge in [0.1, 0.15) is 11.4 Å². The Morgan fingerprint density at radius 1 is 1.29 bits per heavy atom. The lowest BCUT2D eigenvalue weighted by atomic mass is 9.90. The van der Waals surface area contributed by atoms with E-state index in [1.54, 1.807) is 20.8 Å². The number of carbonyl (C=O) groups excluding carboxylic acids is 1. The minimum absolute atomic E-state index is 0.388. The average molecular weight is 297 g/mol. The molecule has 2 atom stereocenters. The largest absolute Gasteiger partial charge is 0.481 e. The zero-order valence-electron chi connectivity index (χ0n) is 12.3. The molecule has 0 saturated heterocycles. The number of ether oxygens (including phenoxy) is 1. The van der Waals surface area contributed by atoms with Gasteiger partial charge in [-0.1, -0.05) is 12.1 Å². The summed E-state index contributed by atoms with van der Waals surface area (Å²) in [6.45, 7) is 5.11. The van der Waals surface area contributed by atoms with Crippen LogP contribution in [0.2, 0.25) is 0 Å². The van der Waals surface area contributed by atoms with Gasteiger partial charge in [0.2, 0.25) is 0 Å². The van der Waals surface area contributed by atoms with Crippen molar-refractivity contribution in [3.05, 3.63) is 35.6 Å². The molecule has 0 bridgehead atoms. The summed E-state index contributed by atoms with van der Waals surface area (Å²) in [4.78, 5) is 23.1. The van der Waals surface area contributed by atoms with Crippen molar-refractivity contribution in [3.63, 3.8) is 0 Å². The van der Waals surface area contributed by atoms with Gasteiger partial charge in [0.15, 0.2) is 0 Å². The SMILES string of the molecule is CC(C)(C)OC(=O)[C@@H](c1ccc(F)cc1)[C@H](N)CC(=O)O. The Balaban J connectivity index is 3.07. The van der Waals surface area contributed by atoms with E-state index in [-0.39, 0.29) is 6.42 Å². The molecule has 21 heavy (non-hydrogen) atoms. The number of hydrogen-bond acceptors (Lipinski definition) is 4. The molecule has 5 nitrogen and oxygen atoms in total. The van der Waals surface area contributed by atoms with Gasteiger partial charge in [-0.3, -0.25) is 9.59 Å². The van der Waals surface area contributed by atoms with E-state index in [1.807, 2.05) is 0 Å². The molecule has 0 saturated carbocycles. The maximum atomic E-state index is 13.0. The van der Waals surface area contributed by atoms with Gasteiger partial charge in [0.25, 0.3) is 0 Å². The van der Waals surface area contributed by atoms with Gasteiger partial charge < -0.3 is 15.6 Å². The van der Waals surface area contributed by atoms with Crippen molar-refractivity contribution < 1.29 is 23.8 Å². The van der Waals surface area contributed by atoms with Crippen LogP contribution in [0.1, 0.15) is 38.7 Å². The molecule has 0 radical (unpaired) electrons. The number of nitrogens with two attached hydrogens (primary N) is 1. The summed E-state index contributed by atoms with van der Waals surface area (Å²) in [5.41, 5.74) is 5.54. The maximum absolute atomic E-state index is 13.0. The summed E-state index contributed by atoms with van der Waals surface area (Å²) in [5, 5.41) is 8.85. The highest BCUT2D eigenvalue weighted by Gasteiger charge is 2.32. The van der Waals surface area contributed by atoms with Gasteiger partial charge in [-0.15, -0.1) is 0 Å². The van der Waals surface area contributed by atoms with E-state index in [2.05, 4.69) is 0 Å². The quantitative estimate of drug-likeness (QED) is 0.812. The molecular formula is C15H20FNO4. The number of rotatable bonds is 5. The zero-order chi connectivity index (χ0) is 16.2. The van der Waals surface area contributed by atoms with Crippen LogP contribution in [-0.2, 0) is 14.3 Å². The number of carboxylic acid groups (broad SMARTS) is 1. The van der Waals surface area contributed by atoms with Crippen molar-refractivity contribution in [3.8, 4) is 0 Å². The molecule has 0 fully saturated rings. The third-order valence-corrected chi connectivity index (χ3v) is 2.73. The van der Waals surface area contributed by atoms with Crippen LogP contribution in [0.3, 0.4) is 0 Å². The normalized spacial score (nSPS) is 14.3. The van der Waals surface area contributed by atoms with Crippen molar-refractivity contribution in [1.82, 2.24) is 0 Å². The standard InChI is InChI=1S/C15H20FNO4/c1-15(2,3)21-14(20)13(11(17)8-12(18)19)9-4-6-10(16)7-5-9/h4-7,11,13H,8,17H2,1-3H3,(H,18,19)/t11-,13+/m1/s1. The summed E-state index contributed by atoms with van der Waals surface area (Å²) in [6.07, 6.45) is -0.388. The third kappa shape index (κ3) is 5.51. The van der Waals surface area contributed by atoms with Crippen LogP contribution in [-0.4, -0.2) is 28.7 Å². The van der Waals surface area contributed by atoms with E-state index >= 15 is 0 Å². The maximum Gasteiger partial charge on any atom is 0.315 e. The highest BCUT2D eigenvalue weighted by molar-refractivity contribution is 5.81. The minimum Gasteiger partial charge on any atom is -0.481 e. The number of carbonyl (C=O) groups is 2. The van der Waals surface area contributed by atoms with Gasteiger partial charge >= 0.3 is 11.9 Å². The molecule has 0 aromatic heterocycles. The number of carboxylic acids is 1. The molecular weight excluding hydrogens is 277 g/mol. The van der Waals surface area contributed by atoms with E-state index in [0.29, 0.717) is 5.56 Å². The molecule has 1 rings (SSSR count). The lowest BCUT2D eigenvalue weighted by Gasteiger charge is -2.27. The molecule has 6 heteroatoms. The molecule has 1 aromatic rings. The van der Waals surface area contributed by atoms with Crippen LogP contribution in [0.5, 0.6) is 0 Å². The summed E-state index contributed by atoms with van der Waals surface area (Å²) in [6, 6.07) is 4.25. The molecule has 116 valence electrons. The summed E-state index contributed by atoms with van der Waals surface area (Å²) in [7, 11) is 0. The fourth-order valence-electron chi connectivity index (χ4n) is 1.91. The Kier molecular flexibility index (Phi) is 5.43. The third-order valence-electron chi connectivity index (χ3n) is 2.73. The first-order chi connectivity index (χ1) is 9.60. The second-order valence-corrected chi connectivity index (χ2v) is 5.82. The summed E-state index contributed by atoms with van der Waals surface area (Å²) < 4.78 is 18.3. The average Bonchev–Trinajstić information content (AvgIpc) is 2.28. The first-order valence-electron chi connectivity index (χ1n) is 6.56. The zero-order valence-corrected chi connectivity index (χ0v) is 12.3. The predicted molar refractivity (Wildman–Crippen MR) is 75.2 cm³/mol. The molecule has 0 heterocycles. The number of esters is 1. The highest BCUT2D eigenvalue weighted by atomic mass is 19.1. The Hall–Kier alpha value is -1.95. The van der Waals surface area contributed by atoms with Crippen molar-refractivity contribution in [2.24, 2.45) is 5.73 Å². The van der Waals surface area contributed by atoms with Crippen molar-refractivity contribution in [2.45, 2.75) is 44.8 Å². The number of benzene rings is 1. The number of hydrogen-bond donors (Lipinski definition) is 2. The van der Waals surface area contributed by atoms with Crippen LogP contribution in [0, 0.1) is 5.82 Å². The monoisotopic (exact) mass is 297 g/mol. The van der Waals surface area contributed by atoms with Crippen LogP contribution in [0.15, 0.2) is 24.3 Å². The fraction of sp³-hybridized carbons (Fsp3) is 0.467. The molecule has 0 amide bonds. The van der Waals surface area contributed by atoms with Crippen LogP contribution in [0.25, 0.3) is 0 Å². The Morgan fingerprint density at radius 2 is 1.81 bits per heavy atom. The minimum atomic E-state index is -1.11. The summed E-state index contributed by atoms with van der Waals surface area (Å²) >= 11 is 0. The van der Waals surface area contributed by atoms with E-state index < -0.39 is 35.3 Å². The molecule has 0 unspecified atom stereocenters. The fourth-order valence-corrected chi connectivity index (χ4v) is 1.91. The van der Waals surface area contributed by atoms with Crippen LogP contribution >= 0.6 is 0 Å². The Morgan fingerprint density at radius 3 is 2.24 bits per heavy atom. The van der Waals surface area contributed by atoms with Crippen molar-refractivity contribution >= 4 is 11.9 Å². The van der Waals surface area contributed by atoms with Crippen molar-refractivity contribution in [1.29, 1.82) is 0 Å². The Bertz CT molecular complexity index is 507. The van der Waals surface area contributed by atoms with Gasteiger partial charge in [-0.2, -0.15) is 0 Å². The molecule has 1 aromatic carbocycles. The molecule has 3 N–H and O–H groups in total. The van der Waals surface area contributed by atoms with Gasteiger partial charge in [0, 0.05) is 6.04 Å². The van der Waals surface area contributed by atoms with Gasteiger partial charge in [0.05, 0.1) is 12.3 Å².